The van der Waals surface area contributed by atoms with E-state index in [4.69, 9.17) is 4.74 Å². The summed E-state index contributed by atoms with van der Waals surface area (Å²) < 4.78 is 31.1. The Morgan fingerprint density at radius 1 is 1.10 bits per heavy atom. The van der Waals surface area contributed by atoms with Crippen LogP contribution in [0.1, 0.15) is 24.1 Å². The summed E-state index contributed by atoms with van der Waals surface area (Å²) in [5, 5.41) is 3.27. The van der Waals surface area contributed by atoms with Crippen molar-refractivity contribution in [2.45, 2.75) is 19.5 Å². The quantitative estimate of drug-likeness (QED) is 0.897. The average Bonchev–Trinajstić information content (AvgIpc) is 2.48. The minimum absolute atomic E-state index is 0.0817. The number of rotatable bonds is 5. The van der Waals surface area contributed by atoms with Crippen molar-refractivity contribution >= 4 is 0 Å². The van der Waals surface area contributed by atoms with Crippen LogP contribution < -0.4 is 10.1 Å². The Labute approximate surface area is 117 Å². The Balaban J connectivity index is 2.00. The van der Waals surface area contributed by atoms with Crippen molar-refractivity contribution in [3.05, 3.63) is 65.2 Å². The zero-order chi connectivity index (χ0) is 14.5. The molecule has 1 N–H and O–H groups in total. The molecule has 0 heterocycles. The molecule has 0 saturated heterocycles. The van der Waals surface area contributed by atoms with Crippen molar-refractivity contribution in [2.75, 3.05) is 7.11 Å². The van der Waals surface area contributed by atoms with Crippen LogP contribution >= 0.6 is 0 Å². The van der Waals surface area contributed by atoms with Gasteiger partial charge in [-0.3, -0.25) is 0 Å². The van der Waals surface area contributed by atoms with Crippen LogP contribution in [0.3, 0.4) is 0 Å². The van der Waals surface area contributed by atoms with E-state index >= 15 is 0 Å². The van der Waals surface area contributed by atoms with Crippen LogP contribution in [-0.4, -0.2) is 7.11 Å². The molecule has 0 spiro atoms. The van der Waals surface area contributed by atoms with Gasteiger partial charge in [0.05, 0.1) is 7.11 Å². The maximum Gasteiger partial charge on any atom is 0.159 e. The lowest BCUT2D eigenvalue weighted by Crippen LogP contribution is -2.18. The number of halogens is 2. The third-order valence-electron chi connectivity index (χ3n) is 3.19. The number of benzene rings is 2. The fraction of sp³-hybridized carbons (Fsp3) is 0.250. The summed E-state index contributed by atoms with van der Waals surface area (Å²) >= 11 is 0. The summed E-state index contributed by atoms with van der Waals surface area (Å²) in [5.41, 5.74) is 1.78. The van der Waals surface area contributed by atoms with Gasteiger partial charge in [-0.05, 0) is 42.3 Å². The summed E-state index contributed by atoms with van der Waals surface area (Å²) in [4.78, 5) is 0. The van der Waals surface area contributed by atoms with E-state index in [1.165, 1.54) is 6.07 Å². The second-order valence-electron chi connectivity index (χ2n) is 4.63. The van der Waals surface area contributed by atoms with Gasteiger partial charge in [-0.1, -0.05) is 18.2 Å². The van der Waals surface area contributed by atoms with Gasteiger partial charge in [-0.2, -0.15) is 0 Å². The Bertz CT molecular complexity index is 586. The first-order chi connectivity index (χ1) is 9.60. The Morgan fingerprint density at radius 2 is 1.90 bits per heavy atom. The van der Waals surface area contributed by atoms with E-state index in [0.29, 0.717) is 12.1 Å². The monoisotopic (exact) mass is 277 g/mol. The first-order valence-corrected chi connectivity index (χ1v) is 6.41. The molecule has 0 aliphatic carbocycles. The molecular weight excluding hydrogens is 260 g/mol. The van der Waals surface area contributed by atoms with Gasteiger partial charge in [0.2, 0.25) is 0 Å². The Morgan fingerprint density at radius 3 is 2.60 bits per heavy atom. The fourth-order valence-corrected chi connectivity index (χ4v) is 1.95. The third kappa shape index (κ3) is 3.54. The Hall–Kier alpha value is -1.94. The summed E-state index contributed by atoms with van der Waals surface area (Å²) in [7, 11) is 1.62. The lowest BCUT2D eigenvalue weighted by molar-refractivity contribution is 0.413. The molecule has 20 heavy (non-hydrogen) atoms. The second-order valence-corrected chi connectivity index (χ2v) is 4.63. The van der Waals surface area contributed by atoms with Crippen LogP contribution in [0.4, 0.5) is 8.78 Å². The number of nitrogens with one attached hydrogen (secondary N) is 1. The van der Waals surface area contributed by atoms with E-state index in [1.807, 2.05) is 31.2 Å². The largest absolute Gasteiger partial charge is 0.497 e. The molecule has 1 atom stereocenters. The SMILES string of the molecule is COc1cccc([C@@H](C)NCc2ccc(F)c(F)c2)c1. The highest BCUT2D eigenvalue weighted by atomic mass is 19.2. The number of methoxy groups -OCH3 is 1. The predicted molar refractivity (Wildman–Crippen MR) is 74.6 cm³/mol. The van der Waals surface area contributed by atoms with Crippen LogP contribution in [0.15, 0.2) is 42.5 Å². The summed E-state index contributed by atoms with van der Waals surface area (Å²) in [6.45, 7) is 2.48. The predicted octanol–water partition coefficient (Wildman–Crippen LogP) is 3.82. The topological polar surface area (TPSA) is 21.3 Å². The number of hydrogen-bond donors (Lipinski definition) is 1. The highest BCUT2D eigenvalue weighted by Gasteiger charge is 2.07. The molecule has 2 aromatic carbocycles. The van der Waals surface area contributed by atoms with Crippen LogP contribution in [0.5, 0.6) is 5.75 Å². The van der Waals surface area contributed by atoms with Crippen molar-refractivity contribution in [1.82, 2.24) is 5.32 Å². The second kappa shape index (κ2) is 6.48. The summed E-state index contributed by atoms with van der Waals surface area (Å²) in [6, 6.07) is 11.7. The number of hydrogen-bond acceptors (Lipinski definition) is 2. The van der Waals surface area contributed by atoms with E-state index in [9.17, 15) is 8.78 Å². The molecule has 0 unspecified atom stereocenters. The van der Waals surface area contributed by atoms with E-state index in [0.717, 1.165) is 17.4 Å². The molecule has 106 valence electrons. The van der Waals surface area contributed by atoms with E-state index in [1.54, 1.807) is 13.2 Å². The average molecular weight is 277 g/mol. The molecule has 0 aliphatic rings. The highest BCUT2D eigenvalue weighted by Crippen LogP contribution is 2.19. The van der Waals surface area contributed by atoms with Crippen molar-refractivity contribution in [3.63, 3.8) is 0 Å². The molecule has 2 aromatic rings. The first-order valence-electron chi connectivity index (χ1n) is 6.41. The third-order valence-corrected chi connectivity index (χ3v) is 3.19. The van der Waals surface area contributed by atoms with Crippen LogP contribution in [0.25, 0.3) is 0 Å². The van der Waals surface area contributed by atoms with Gasteiger partial charge in [-0.15, -0.1) is 0 Å². The molecule has 0 bridgehead atoms. The van der Waals surface area contributed by atoms with Crippen molar-refractivity contribution in [1.29, 1.82) is 0 Å². The minimum atomic E-state index is -0.824. The van der Waals surface area contributed by atoms with Gasteiger partial charge in [-0.25, -0.2) is 8.78 Å². The lowest BCUT2D eigenvalue weighted by Gasteiger charge is -2.15. The maximum atomic E-state index is 13.1. The van der Waals surface area contributed by atoms with Crippen LogP contribution in [0.2, 0.25) is 0 Å². The molecule has 0 amide bonds. The molecule has 0 aliphatic heterocycles. The van der Waals surface area contributed by atoms with E-state index < -0.39 is 11.6 Å². The first kappa shape index (κ1) is 14.5. The van der Waals surface area contributed by atoms with Gasteiger partial charge >= 0.3 is 0 Å². The molecule has 0 radical (unpaired) electrons. The maximum absolute atomic E-state index is 13.1. The van der Waals surface area contributed by atoms with Gasteiger partial charge in [0.15, 0.2) is 11.6 Å². The molecule has 2 rings (SSSR count). The summed E-state index contributed by atoms with van der Waals surface area (Å²) in [6.07, 6.45) is 0. The number of ether oxygens (including phenoxy) is 1. The lowest BCUT2D eigenvalue weighted by atomic mass is 10.1. The fourth-order valence-electron chi connectivity index (χ4n) is 1.95. The zero-order valence-corrected chi connectivity index (χ0v) is 11.5. The Kier molecular flexibility index (Phi) is 4.69. The van der Waals surface area contributed by atoms with E-state index in [2.05, 4.69) is 5.32 Å². The van der Waals surface area contributed by atoms with Gasteiger partial charge in [0, 0.05) is 12.6 Å². The van der Waals surface area contributed by atoms with Crippen molar-refractivity contribution < 1.29 is 13.5 Å². The van der Waals surface area contributed by atoms with Crippen LogP contribution in [-0.2, 0) is 6.54 Å². The smallest absolute Gasteiger partial charge is 0.159 e. The molecular formula is C16H17F2NO. The normalized spacial score (nSPS) is 12.2. The van der Waals surface area contributed by atoms with Gasteiger partial charge < -0.3 is 10.1 Å². The molecule has 0 saturated carbocycles. The standard InChI is InChI=1S/C16H17F2NO/c1-11(13-4-3-5-14(9-13)20-2)19-10-12-6-7-15(17)16(18)8-12/h3-9,11,19H,10H2,1-2H3/t11-/m1/s1. The zero-order valence-electron chi connectivity index (χ0n) is 11.5. The van der Waals surface area contributed by atoms with E-state index in [-0.39, 0.29) is 6.04 Å². The molecule has 4 heteroatoms. The van der Waals surface area contributed by atoms with Gasteiger partial charge in [0.1, 0.15) is 5.75 Å². The van der Waals surface area contributed by atoms with Crippen molar-refractivity contribution in [2.24, 2.45) is 0 Å². The molecule has 2 nitrogen and oxygen atoms in total. The molecule has 0 aromatic heterocycles. The van der Waals surface area contributed by atoms with Crippen molar-refractivity contribution in [3.8, 4) is 5.75 Å². The van der Waals surface area contributed by atoms with Gasteiger partial charge in [0.25, 0.3) is 0 Å². The van der Waals surface area contributed by atoms with Crippen LogP contribution in [0, 0.1) is 11.6 Å². The highest BCUT2D eigenvalue weighted by molar-refractivity contribution is 5.30. The summed E-state index contributed by atoms with van der Waals surface area (Å²) in [5.74, 6) is -0.850. The minimum Gasteiger partial charge on any atom is -0.497 e. The molecule has 0 fully saturated rings.